The molecule has 0 fully saturated rings. The van der Waals surface area contributed by atoms with E-state index >= 15 is 0 Å². The minimum atomic E-state index is 0.170. The third-order valence-electron chi connectivity index (χ3n) is 4.98. The number of rotatable bonds is 3. The molecule has 0 aliphatic heterocycles. The van der Waals surface area contributed by atoms with Gasteiger partial charge in [-0.3, -0.25) is 0 Å². The van der Waals surface area contributed by atoms with Gasteiger partial charge in [0.25, 0.3) is 0 Å². The van der Waals surface area contributed by atoms with Crippen LogP contribution in [0.4, 0.5) is 0 Å². The van der Waals surface area contributed by atoms with Gasteiger partial charge in [-0.2, -0.15) is 0 Å². The summed E-state index contributed by atoms with van der Waals surface area (Å²) in [6.07, 6.45) is 0. The number of phenols is 2. The van der Waals surface area contributed by atoms with Crippen molar-refractivity contribution in [3.8, 4) is 22.6 Å². The lowest BCUT2D eigenvalue weighted by molar-refractivity contribution is 0.474. The van der Waals surface area contributed by atoms with E-state index < -0.39 is 0 Å². The van der Waals surface area contributed by atoms with Gasteiger partial charge in [-0.15, -0.1) is 0 Å². The van der Waals surface area contributed by atoms with E-state index in [0.29, 0.717) is 0 Å². The first-order valence-corrected chi connectivity index (χ1v) is 8.73. The fourth-order valence-corrected chi connectivity index (χ4v) is 3.54. The first kappa shape index (κ1) is 16.2. The summed E-state index contributed by atoms with van der Waals surface area (Å²) in [5.41, 5.74) is 4.64. The van der Waals surface area contributed by atoms with Crippen LogP contribution in [0.1, 0.15) is 24.0 Å². The van der Waals surface area contributed by atoms with E-state index in [9.17, 15) is 10.2 Å². The number of benzene rings is 4. The molecule has 2 nitrogen and oxygen atoms in total. The van der Waals surface area contributed by atoms with Crippen molar-refractivity contribution in [2.75, 3.05) is 0 Å². The molecular formula is C24H20O2. The third kappa shape index (κ3) is 2.91. The van der Waals surface area contributed by atoms with Crippen molar-refractivity contribution >= 4 is 10.8 Å². The molecule has 26 heavy (non-hydrogen) atoms. The van der Waals surface area contributed by atoms with Crippen LogP contribution in [0, 0.1) is 0 Å². The number of phenolic OH excluding ortho intramolecular Hbond substituents is 2. The van der Waals surface area contributed by atoms with Gasteiger partial charge in [0.05, 0.1) is 0 Å². The average molecular weight is 340 g/mol. The number of fused-ring (bicyclic) bond motifs is 1. The molecule has 2 heteroatoms. The molecule has 0 aromatic heterocycles. The monoisotopic (exact) mass is 340 g/mol. The van der Waals surface area contributed by atoms with Crippen LogP contribution in [0.2, 0.25) is 0 Å². The predicted molar refractivity (Wildman–Crippen MR) is 107 cm³/mol. The normalized spacial score (nSPS) is 12.2. The second kappa shape index (κ2) is 6.57. The van der Waals surface area contributed by atoms with Crippen molar-refractivity contribution < 1.29 is 10.2 Å². The molecular weight excluding hydrogens is 320 g/mol. The Morgan fingerprint density at radius 3 is 1.96 bits per heavy atom. The van der Waals surface area contributed by atoms with Gasteiger partial charge in [0, 0.05) is 5.92 Å². The Labute approximate surface area is 153 Å². The van der Waals surface area contributed by atoms with Crippen molar-refractivity contribution in [3.63, 3.8) is 0 Å². The minimum Gasteiger partial charge on any atom is -0.508 e. The Balaban J connectivity index is 1.95. The molecule has 4 rings (SSSR count). The Kier molecular flexibility index (Phi) is 4.10. The zero-order valence-corrected chi connectivity index (χ0v) is 14.6. The summed E-state index contributed by atoms with van der Waals surface area (Å²) in [5.74, 6) is 0.712. The molecule has 2 N–H and O–H groups in total. The Morgan fingerprint density at radius 1 is 0.654 bits per heavy atom. The highest BCUT2D eigenvalue weighted by molar-refractivity contribution is 5.98. The largest absolute Gasteiger partial charge is 0.508 e. The van der Waals surface area contributed by atoms with Crippen LogP contribution in [0.25, 0.3) is 21.9 Å². The SMILES string of the molecule is CC(c1ccc(O)cc1)c1ccc2ccccc2c1-c1ccc(O)cc1. The highest BCUT2D eigenvalue weighted by atomic mass is 16.3. The van der Waals surface area contributed by atoms with Crippen molar-refractivity contribution in [1.29, 1.82) is 0 Å². The molecule has 4 aromatic rings. The van der Waals surface area contributed by atoms with Crippen LogP contribution >= 0.6 is 0 Å². The lowest BCUT2D eigenvalue weighted by atomic mass is 9.84. The second-order valence-corrected chi connectivity index (χ2v) is 6.61. The smallest absolute Gasteiger partial charge is 0.115 e. The standard InChI is InChI=1S/C24H20O2/c1-16(17-6-11-20(25)12-7-17)22-15-10-18-4-2-3-5-23(18)24(22)19-8-13-21(26)14-9-19/h2-16,25-26H,1H3. The molecule has 0 aliphatic rings. The first-order chi connectivity index (χ1) is 12.6. The lowest BCUT2D eigenvalue weighted by Crippen LogP contribution is -1.99. The maximum absolute atomic E-state index is 9.68. The summed E-state index contributed by atoms with van der Waals surface area (Å²) < 4.78 is 0. The van der Waals surface area contributed by atoms with E-state index in [1.807, 2.05) is 30.3 Å². The summed E-state index contributed by atoms with van der Waals surface area (Å²) in [5, 5.41) is 21.6. The van der Waals surface area contributed by atoms with E-state index in [1.165, 1.54) is 21.9 Å². The van der Waals surface area contributed by atoms with Gasteiger partial charge in [-0.1, -0.05) is 67.6 Å². The molecule has 0 amide bonds. The van der Waals surface area contributed by atoms with Crippen molar-refractivity contribution in [1.82, 2.24) is 0 Å². The van der Waals surface area contributed by atoms with Crippen molar-refractivity contribution in [3.05, 3.63) is 96.1 Å². The van der Waals surface area contributed by atoms with Gasteiger partial charge in [0.2, 0.25) is 0 Å². The Hall–Kier alpha value is -3.26. The zero-order valence-electron chi connectivity index (χ0n) is 14.6. The van der Waals surface area contributed by atoms with E-state index in [1.54, 1.807) is 24.3 Å². The van der Waals surface area contributed by atoms with E-state index in [4.69, 9.17) is 0 Å². The molecule has 0 aliphatic carbocycles. The number of hydrogen-bond donors (Lipinski definition) is 2. The van der Waals surface area contributed by atoms with Crippen LogP contribution in [0.5, 0.6) is 11.5 Å². The quantitative estimate of drug-likeness (QED) is 0.475. The van der Waals surface area contributed by atoms with Gasteiger partial charge < -0.3 is 10.2 Å². The highest BCUT2D eigenvalue weighted by Gasteiger charge is 2.16. The summed E-state index contributed by atoms with van der Waals surface area (Å²) >= 11 is 0. The molecule has 0 saturated carbocycles. The van der Waals surface area contributed by atoms with Gasteiger partial charge >= 0.3 is 0 Å². The molecule has 0 saturated heterocycles. The minimum absolute atomic E-state index is 0.170. The Morgan fingerprint density at radius 2 is 1.27 bits per heavy atom. The van der Waals surface area contributed by atoms with Gasteiger partial charge in [-0.25, -0.2) is 0 Å². The van der Waals surface area contributed by atoms with Crippen LogP contribution < -0.4 is 0 Å². The molecule has 0 heterocycles. The van der Waals surface area contributed by atoms with Crippen LogP contribution in [0.15, 0.2) is 84.9 Å². The van der Waals surface area contributed by atoms with E-state index in [0.717, 1.165) is 11.1 Å². The molecule has 1 atom stereocenters. The number of aromatic hydroxyl groups is 2. The molecule has 128 valence electrons. The highest BCUT2D eigenvalue weighted by Crippen LogP contribution is 2.39. The van der Waals surface area contributed by atoms with Crippen molar-refractivity contribution in [2.45, 2.75) is 12.8 Å². The summed E-state index contributed by atoms with van der Waals surface area (Å²) in [6.45, 7) is 2.18. The number of hydrogen-bond acceptors (Lipinski definition) is 2. The molecule has 0 bridgehead atoms. The molecule has 0 radical (unpaired) electrons. The van der Waals surface area contributed by atoms with Crippen LogP contribution in [-0.4, -0.2) is 10.2 Å². The average Bonchev–Trinajstić information content (AvgIpc) is 2.68. The van der Waals surface area contributed by atoms with Crippen molar-refractivity contribution in [2.24, 2.45) is 0 Å². The van der Waals surface area contributed by atoms with Crippen LogP contribution in [-0.2, 0) is 0 Å². The van der Waals surface area contributed by atoms with Crippen LogP contribution in [0.3, 0.4) is 0 Å². The topological polar surface area (TPSA) is 40.5 Å². The van der Waals surface area contributed by atoms with Gasteiger partial charge in [0.1, 0.15) is 11.5 Å². The lowest BCUT2D eigenvalue weighted by Gasteiger charge is -2.20. The van der Waals surface area contributed by atoms with Gasteiger partial charge in [-0.05, 0) is 57.3 Å². The first-order valence-electron chi connectivity index (χ1n) is 8.73. The summed E-state index contributed by atoms with van der Waals surface area (Å²) in [7, 11) is 0. The fraction of sp³-hybridized carbons (Fsp3) is 0.0833. The third-order valence-corrected chi connectivity index (χ3v) is 4.98. The maximum Gasteiger partial charge on any atom is 0.115 e. The predicted octanol–water partition coefficient (Wildman–Crippen LogP) is 6.07. The summed E-state index contributed by atoms with van der Waals surface area (Å²) in [4.78, 5) is 0. The molecule has 0 spiro atoms. The maximum atomic E-state index is 9.68. The van der Waals surface area contributed by atoms with E-state index in [-0.39, 0.29) is 17.4 Å². The van der Waals surface area contributed by atoms with Gasteiger partial charge in [0.15, 0.2) is 0 Å². The molecule has 1 unspecified atom stereocenters. The summed E-state index contributed by atoms with van der Waals surface area (Å²) in [6, 6.07) is 27.5. The second-order valence-electron chi connectivity index (χ2n) is 6.61. The zero-order chi connectivity index (χ0) is 18.1. The van der Waals surface area contributed by atoms with E-state index in [2.05, 4.69) is 37.3 Å². The Bertz CT molecular complexity index is 1050. The molecule has 4 aromatic carbocycles. The fourth-order valence-electron chi connectivity index (χ4n) is 3.54.